The van der Waals surface area contributed by atoms with Gasteiger partial charge in [0.25, 0.3) is 0 Å². The van der Waals surface area contributed by atoms with Crippen LogP contribution in [0, 0.1) is 6.92 Å². The molecule has 1 aliphatic heterocycles. The van der Waals surface area contributed by atoms with E-state index in [-0.39, 0.29) is 18.1 Å². The van der Waals surface area contributed by atoms with Crippen molar-refractivity contribution in [3.05, 3.63) is 52.9 Å². The van der Waals surface area contributed by atoms with Gasteiger partial charge in [-0.25, -0.2) is 4.79 Å². The predicted octanol–water partition coefficient (Wildman–Crippen LogP) is 3.13. The van der Waals surface area contributed by atoms with E-state index in [0.717, 1.165) is 10.6 Å². The van der Waals surface area contributed by atoms with Gasteiger partial charge in [-0.05, 0) is 36.4 Å². The molecule has 3 rings (SSSR count). The van der Waals surface area contributed by atoms with Crippen molar-refractivity contribution in [3.63, 3.8) is 0 Å². The lowest BCUT2D eigenvalue weighted by Gasteiger charge is -2.11. The Morgan fingerprint density at radius 1 is 1.38 bits per heavy atom. The van der Waals surface area contributed by atoms with E-state index in [1.165, 1.54) is 16.9 Å². The third-order valence-corrected chi connectivity index (χ3v) is 4.79. The number of nitrogens with zero attached hydrogens (tertiary/aromatic N) is 1. The van der Waals surface area contributed by atoms with E-state index < -0.39 is 0 Å². The highest BCUT2D eigenvalue weighted by atomic mass is 32.1. The summed E-state index contributed by atoms with van der Waals surface area (Å²) in [5, 5.41) is 5.64. The van der Waals surface area contributed by atoms with Crippen molar-refractivity contribution in [2.45, 2.75) is 25.9 Å². The molecular weight excluding hydrogens is 324 g/mol. The number of ether oxygens (including phenoxy) is 1. The van der Waals surface area contributed by atoms with Crippen molar-refractivity contribution in [2.24, 2.45) is 0 Å². The van der Waals surface area contributed by atoms with Crippen molar-refractivity contribution in [2.75, 3.05) is 18.0 Å². The zero-order chi connectivity index (χ0) is 16.9. The first-order chi connectivity index (χ1) is 11.6. The zero-order valence-electron chi connectivity index (χ0n) is 13.5. The molecule has 0 bridgehead atoms. The van der Waals surface area contributed by atoms with E-state index in [1.807, 2.05) is 42.6 Å². The Balaban J connectivity index is 1.43. The number of carbonyl (C=O) groups is 2. The Bertz CT molecular complexity index is 715. The van der Waals surface area contributed by atoms with Gasteiger partial charge in [0.2, 0.25) is 5.91 Å². The van der Waals surface area contributed by atoms with E-state index in [9.17, 15) is 9.59 Å². The molecule has 5 nitrogen and oxygen atoms in total. The third-order valence-electron chi connectivity index (χ3n) is 3.90. The lowest BCUT2D eigenvalue weighted by Crippen LogP contribution is -2.34. The van der Waals surface area contributed by atoms with Gasteiger partial charge in [0, 0.05) is 6.42 Å². The summed E-state index contributed by atoms with van der Waals surface area (Å²) in [5.41, 5.74) is 2.35. The summed E-state index contributed by atoms with van der Waals surface area (Å²) in [6.07, 6.45) is 0.483. The average molecular weight is 344 g/mol. The molecule has 1 fully saturated rings. The summed E-state index contributed by atoms with van der Waals surface area (Å²) < 4.78 is 5.31. The molecule has 1 N–H and O–H groups in total. The standard InChI is InChI=1S/C18H20N2O3S/c1-13-4-2-5-14(10-13)7-8-16(21)19-11-15-12-20(18(22)23-15)17-6-3-9-24-17/h2-6,9-10,15H,7-8,11-12H2,1H3,(H,19,21). The van der Waals surface area contributed by atoms with Gasteiger partial charge in [-0.2, -0.15) is 0 Å². The minimum absolute atomic E-state index is 0.0258. The minimum atomic E-state index is -0.351. The van der Waals surface area contributed by atoms with Crippen LogP contribution in [-0.4, -0.2) is 31.2 Å². The molecule has 126 valence electrons. The molecule has 2 heterocycles. The average Bonchev–Trinajstić information content (AvgIpc) is 3.20. The number of thiophene rings is 1. The zero-order valence-corrected chi connectivity index (χ0v) is 14.3. The Morgan fingerprint density at radius 2 is 2.25 bits per heavy atom. The first-order valence-electron chi connectivity index (χ1n) is 7.96. The fraction of sp³-hybridized carbons (Fsp3) is 0.333. The van der Waals surface area contributed by atoms with Crippen molar-refractivity contribution in [3.8, 4) is 0 Å². The van der Waals surface area contributed by atoms with Gasteiger partial charge in [0.1, 0.15) is 11.1 Å². The van der Waals surface area contributed by atoms with Crippen LogP contribution in [0.2, 0.25) is 0 Å². The summed E-state index contributed by atoms with van der Waals surface area (Å²) in [7, 11) is 0. The van der Waals surface area contributed by atoms with E-state index >= 15 is 0 Å². The molecule has 1 aliphatic rings. The fourth-order valence-electron chi connectivity index (χ4n) is 2.67. The number of hydrogen-bond acceptors (Lipinski definition) is 4. The van der Waals surface area contributed by atoms with E-state index in [0.29, 0.717) is 25.9 Å². The normalized spacial score (nSPS) is 17.0. The number of nitrogens with one attached hydrogen (secondary N) is 1. The smallest absolute Gasteiger partial charge is 0.415 e. The van der Waals surface area contributed by atoms with Crippen LogP contribution in [0.3, 0.4) is 0 Å². The maximum atomic E-state index is 12.0. The fourth-order valence-corrected chi connectivity index (χ4v) is 3.40. The van der Waals surface area contributed by atoms with Gasteiger partial charge < -0.3 is 10.1 Å². The van der Waals surface area contributed by atoms with Gasteiger partial charge in [-0.15, -0.1) is 11.3 Å². The van der Waals surface area contributed by atoms with Crippen LogP contribution in [0.25, 0.3) is 0 Å². The molecule has 1 aromatic carbocycles. The number of anilines is 1. The maximum absolute atomic E-state index is 12.0. The second-order valence-electron chi connectivity index (χ2n) is 5.86. The molecule has 1 saturated heterocycles. The van der Waals surface area contributed by atoms with Crippen LogP contribution in [0.5, 0.6) is 0 Å². The van der Waals surface area contributed by atoms with Crippen LogP contribution in [-0.2, 0) is 16.0 Å². The number of cyclic esters (lactones) is 1. The van der Waals surface area contributed by atoms with Gasteiger partial charge in [-0.1, -0.05) is 29.8 Å². The van der Waals surface area contributed by atoms with Gasteiger partial charge in [0.05, 0.1) is 13.1 Å². The van der Waals surface area contributed by atoms with Gasteiger partial charge in [0.15, 0.2) is 0 Å². The van der Waals surface area contributed by atoms with Crippen molar-refractivity contribution in [1.82, 2.24) is 5.32 Å². The molecule has 2 amide bonds. The van der Waals surface area contributed by atoms with Crippen LogP contribution in [0.1, 0.15) is 17.5 Å². The van der Waals surface area contributed by atoms with E-state index in [1.54, 1.807) is 4.90 Å². The molecule has 0 radical (unpaired) electrons. The topological polar surface area (TPSA) is 58.6 Å². The second kappa shape index (κ2) is 7.49. The molecule has 0 aliphatic carbocycles. The van der Waals surface area contributed by atoms with Crippen molar-refractivity contribution >= 4 is 28.3 Å². The Hall–Kier alpha value is -2.34. The van der Waals surface area contributed by atoms with E-state index in [4.69, 9.17) is 4.74 Å². The van der Waals surface area contributed by atoms with Gasteiger partial charge in [-0.3, -0.25) is 9.69 Å². The summed E-state index contributed by atoms with van der Waals surface area (Å²) in [6, 6.07) is 11.9. The number of aryl methyl sites for hydroxylation is 2. The molecule has 1 aromatic heterocycles. The summed E-state index contributed by atoms with van der Waals surface area (Å²) in [6.45, 7) is 2.86. The quantitative estimate of drug-likeness (QED) is 0.876. The summed E-state index contributed by atoms with van der Waals surface area (Å²) in [5.74, 6) is -0.0258. The summed E-state index contributed by atoms with van der Waals surface area (Å²) in [4.78, 5) is 25.5. The monoisotopic (exact) mass is 344 g/mol. The van der Waals surface area contributed by atoms with Crippen molar-refractivity contribution < 1.29 is 14.3 Å². The third kappa shape index (κ3) is 4.14. The summed E-state index contributed by atoms with van der Waals surface area (Å²) >= 11 is 1.49. The molecule has 1 unspecified atom stereocenters. The first kappa shape index (κ1) is 16.5. The molecular formula is C18H20N2O3S. The minimum Gasteiger partial charge on any atom is -0.442 e. The van der Waals surface area contributed by atoms with Crippen LogP contribution < -0.4 is 10.2 Å². The highest BCUT2D eigenvalue weighted by Crippen LogP contribution is 2.26. The van der Waals surface area contributed by atoms with Gasteiger partial charge >= 0.3 is 6.09 Å². The number of hydrogen-bond donors (Lipinski definition) is 1. The van der Waals surface area contributed by atoms with Crippen LogP contribution in [0.15, 0.2) is 41.8 Å². The predicted molar refractivity (Wildman–Crippen MR) is 94.4 cm³/mol. The number of rotatable bonds is 6. The van der Waals surface area contributed by atoms with Crippen molar-refractivity contribution in [1.29, 1.82) is 0 Å². The number of amides is 2. The Morgan fingerprint density at radius 3 is 3.00 bits per heavy atom. The number of benzene rings is 1. The Labute approximate surface area is 145 Å². The first-order valence-corrected chi connectivity index (χ1v) is 8.83. The van der Waals surface area contributed by atoms with Crippen LogP contribution in [0.4, 0.5) is 9.80 Å². The van der Waals surface area contributed by atoms with Crippen LogP contribution >= 0.6 is 11.3 Å². The maximum Gasteiger partial charge on any atom is 0.415 e. The molecule has 1 atom stereocenters. The molecule has 2 aromatic rings. The molecule has 6 heteroatoms. The highest BCUT2D eigenvalue weighted by molar-refractivity contribution is 7.14. The lowest BCUT2D eigenvalue weighted by atomic mass is 10.1. The molecule has 24 heavy (non-hydrogen) atoms. The number of carbonyl (C=O) groups excluding carboxylic acids is 2. The SMILES string of the molecule is Cc1cccc(CCC(=O)NCC2CN(c3cccs3)C(=O)O2)c1. The Kier molecular flexibility index (Phi) is 5.15. The molecule has 0 spiro atoms. The highest BCUT2D eigenvalue weighted by Gasteiger charge is 2.32. The largest absolute Gasteiger partial charge is 0.442 e. The second-order valence-corrected chi connectivity index (χ2v) is 6.79. The van der Waals surface area contributed by atoms with E-state index in [2.05, 4.69) is 11.4 Å². The molecule has 0 saturated carbocycles. The lowest BCUT2D eigenvalue weighted by molar-refractivity contribution is -0.121.